The largest absolute Gasteiger partial charge is 0.480 e. The molecule has 0 saturated carbocycles. The molecule has 2 aromatic carbocycles. The van der Waals surface area contributed by atoms with Crippen molar-refractivity contribution in [2.24, 2.45) is 5.92 Å². The maximum absolute atomic E-state index is 12.4. The summed E-state index contributed by atoms with van der Waals surface area (Å²) in [5.74, 6) is -2.30. The zero-order valence-corrected chi connectivity index (χ0v) is 18.8. The molecule has 176 valence electrons. The zero-order valence-electron chi connectivity index (χ0n) is 18.8. The number of hydrogen-bond acceptors (Lipinski definition) is 6. The monoisotopic (exact) mass is 463 g/mol. The maximum atomic E-state index is 12.4. The number of carbonyl (C=O) groups excluding carboxylic acids is 2. The normalized spacial score (nSPS) is 13.9. The minimum atomic E-state index is -1.14. The fraction of sp³-hybridized carbons (Fsp3) is 0.280. The summed E-state index contributed by atoms with van der Waals surface area (Å²) >= 11 is 0. The van der Waals surface area contributed by atoms with Crippen LogP contribution in [0.3, 0.4) is 0 Å². The second kappa shape index (κ2) is 9.78. The number of nitrogens with one attached hydrogen (secondary N) is 2. The highest BCUT2D eigenvalue weighted by atomic mass is 16.6. The van der Waals surface area contributed by atoms with Crippen molar-refractivity contribution < 1.29 is 28.8 Å². The lowest BCUT2D eigenvalue weighted by Crippen LogP contribution is -2.45. The number of carboxylic acid groups (broad SMARTS) is 1. The van der Waals surface area contributed by atoms with E-state index < -0.39 is 24.0 Å². The van der Waals surface area contributed by atoms with E-state index in [0.29, 0.717) is 6.42 Å². The van der Waals surface area contributed by atoms with Crippen LogP contribution in [0.4, 0.5) is 10.7 Å². The van der Waals surface area contributed by atoms with Crippen molar-refractivity contribution in [2.45, 2.75) is 32.2 Å². The first-order valence-electron chi connectivity index (χ1n) is 11.0. The van der Waals surface area contributed by atoms with Crippen molar-refractivity contribution in [3.63, 3.8) is 0 Å². The van der Waals surface area contributed by atoms with Crippen LogP contribution in [0, 0.1) is 5.92 Å². The van der Waals surface area contributed by atoms with Gasteiger partial charge in [0, 0.05) is 12.0 Å². The third-order valence-corrected chi connectivity index (χ3v) is 6.08. The summed E-state index contributed by atoms with van der Waals surface area (Å²) in [6.07, 6.45) is -0.182. The number of amides is 2. The van der Waals surface area contributed by atoms with E-state index in [-0.39, 0.29) is 30.0 Å². The van der Waals surface area contributed by atoms with Crippen molar-refractivity contribution >= 4 is 23.9 Å². The van der Waals surface area contributed by atoms with E-state index in [2.05, 4.69) is 15.8 Å². The lowest BCUT2D eigenvalue weighted by molar-refractivity contribution is -0.140. The number of aliphatic carboxylic acids is 1. The minimum absolute atomic E-state index is 0.0854. The van der Waals surface area contributed by atoms with Crippen LogP contribution < -0.4 is 10.6 Å². The average molecular weight is 463 g/mol. The highest BCUT2D eigenvalue weighted by Crippen LogP contribution is 2.44. The van der Waals surface area contributed by atoms with Crippen molar-refractivity contribution in [2.75, 3.05) is 11.9 Å². The molecule has 0 radical (unpaired) electrons. The van der Waals surface area contributed by atoms with Crippen molar-refractivity contribution in [3.8, 4) is 11.1 Å². The Morgan fingerprint density at radius 3 is 2.29 bits per heavy atom. The molecule has 0 fully saturated rings. The predicted molar refractivity (Wildman–Crippen MR) is 124 cm³/mol. The maximum Gasteiger partial charge on any atom is 0.414 e. The van der Waals surface area contributed by atoms with Gasteiger partial charge in [0.1, 0.15) is 12.6 Å². The number of rotatable bonds is 8. The lowest BCUT2D eigenvalue weighted by Gasteiger charge is -2.19. The second-order valence-corrected chi connectivity index (χ2v) is 8.20. The molecule has 3 N–H and O–H groups in total. The summed E-state index contributed by atoms with van der Waals surface area (Å²) < 4.78 is 10.4. The predicted octanol–water partition coefficient (Wildman–Crippen LogP) is 4.26. The number of carbonyl (C=O) groups is 3. The number of benzene rings is 2. The molecule has 0 aliphatic heterocycles. The highest BCUT2D eigenvalue weighted by molar-refractivity contribution is 5.96. The number of fused-ring (bicyclic) bond motifs is 3. The molecule has 2 amide bonds. The SMILES string of the molecule is CC[C@H](C)[C@H](NC(=O)c1cc(NC(=O)OCC2c3ccccc3-c3ccccc32)on1)C(=O)O. The molecule has 0 spiro atoms. The van der Waals surface area contributed by atoms with Crippen LogP contribution >= 0.6 is 0 Å². The number of hydrogen-bond donors (Lipinski definition) is 3. The Labute approximate surface area is 196 Å². The van der Waals surface area contributed by atoms with Crippen LogP contribution in [0.15, 0.2) is 59.1 Å². The van der Waals surface area contributed by atoms with Gasteiger partial charge < -0.3 is 19.7 Å². The van der Waals surface area contributed by atoms with Gasteiger partial charge in [0.2, 0.25) is 5.88 Å². The fourth-order valence-corrected chi connectivity index (χ4v) is 4.07. The van der Waals surface area contributed by atoms with Gasteiger partial charge in [0.05, 0.1) is 0 Å². The highest BCUT2D eigenvalue weighted by Gasteiger charge is 2.30. The van der Waals surface area contributed by atoms with Crippen LogP contribution in [0.5, 0.6) is 0 Å². The Balaban J connectivity index is 1.37. The van der Waals surface area contributed by atoms with E-state index in [0.717, 1.165) is 22.3 Å². The second-order valence-electron chi connectivity index (χ2n) is 8.20. The van der Waals surface area contributed by atoms with Gasteiger partial charge in [0.15, 0.2) is 5.69 Å². The van der Waals surface area contributed by atoms with Crippen LogP contribution in [-0.2, 0) is 9.53 Å². The number of anilines is 1. The standard InChI is InChI=1S/C25H25N3O6/c1-3-14(2)22(24(30)31)27-23(29)20-12-21(34-28-20)26-25(32)33-13-19-17-10-6-4-8-15(17)16-9-5-7-11-18(16)19/h4-12,14,19,22H,3,13H2,1-2H3,(H,26,32)(H,27,29)(H,30,31)/t14-,22-/m0/s1. The smallest absolute Gasteiger partial charge is 0.414 e. The number of ether oxygens (including phenoxy) is 1. The van der Waals surface area contributed by atoms with E-state index in [4.69, 9.17) is 9.26 Å². The van der Waals surface area contributed by atoms with Crippen molar-refractivity contribution in [1.82, 2.24) is 10.5 Å². The summed E-state index contributed by atoms with van der Waals surface area (Å²) in [7, 11) is 0. The number of carboxylic acids is 1. The summed E-state index contributed by atoms with van der Waals surface area (Å²) in [5, 5.41) is 17.8. The van der Waals surface area contributed by atoms with Gasteiger partial charge in [0.25, 0.3) is 5.91 Å². The Kier molecular flexibility index (Phi) is 6.62. The first-order chi connectivity index (χ1) is 16.4. The van der Waals surface area contributed by atoms with E-state index in [1.54, 1.807) is 6.92 Å². The number of nitrogens with zero attached hydrogens (tertiary/aromatic N) is 1. The van der Waals surface area contributed by atoms with Gasteiger partial charge in [-0.25, -0.2) is 9.59 Å². The minimum Gasteiger partial charge on any atom is -0.480 e. The lowest BCUT2D eigenvalue weighted by atomic mass is 9.98. The molecule has 0 bridgehead atoms. The molecule has 1 aliphatic carbocycles. The zero-order chi connectivity index (χ0) is 24.2. The van der Waals surface area contributed by atoms with Crippen LogP contribution in [-0.4, -0.2) is 40.9 Å². The van der Waals surface area contributed by atoms with Crippen LogP contribution in [0.25, 0.3) is 11.1 Å². The van der Waals surface area contributed by atoms with Crippen molar-refractivity contribution in [3.05, 3.63) is 71.4 Å². The Morgan fingerprint density at radius 1 is 1.09 bits per heavy atom. The third-order valence-electron chi connectivity index (χ3n) is 6.08. The summed E-state index contributed by atoms with van der Waals surface area (Å²) in [4.78, 5) is 36.2. The van der Waals surface area contributed by atoms with Crippen molar-refractivity contribution in [1.29, 1.82) is 0 Å². The van der Waals surface area contributed by atoms with Gasteiger partial charge in [-0.15, -0.1) is 0 Å². The first kappa shape index (κ1) is 23.0. The van der Waals surface area contributed by atoms with E-state index >= 15 is 0 Å². The molecule has 3 aromatic rings. The average Bonchev–Trinajstić information content (AvgIpc) is 3.43. The summed E-state index contributed by atoms with van der Waals surface area (Å²) in [5.41, 5.74) is 4.27. The molecule has 4 rings (SSSR count). The Morgan fingerprint density at radius 2 is 1.71 bits per heavy atom. The molecule has 0 unspecified atom stereocenters. The van der Waals surface area contributed by atoms with Gasteiger partial charge in [-0.1, -0.05) is 74.0 Å². The fourth-order valence-electron chi connectivity index (χ4n) is 4.07. The molecule has 1 heterocycles. The number of aromatic nitrogens is 1. The van der Waals surface area contributed by atoms with Gasteiger partial charge in [-0.2, -0.15) is 0 Å². The van der Waals surface area contributed by atoms with Gasteiger partial charge in [-0.3, -0.25) is 10.1 Å². The van der Waals surface area contributed by atoms with E-state index in [1.807, 2.05) is 55.5 Å². The van der Waals surface area contributed by atoms with Gasteiger partial charge in [-0.05, 0) is 28.2 Å². The molecular weight excluding hydrogens is 438 g/mol. The molecule has 9 nitrogen and oxygen atoms in total. The molecule has 1 aromatic heterocycles. The van der Waals surface area contributed by atoms with E-state index in [1.165, 1.54) is 6.07 Å². The van der Waals surface area contributed by atoms with Gasteiger partial charge >= 0.3 is 12.1 Å². The quantitative estimate of drug-likeness (QED) is 0.455. The third kappa shape index (κ3) is 4.63. The molecule has 34 heavy (non-hydrogen) atoms. The molecule has 9 heteroatoms. The molecule has 0 saturated heterocycles. The molecular formula is C25H25N3O6. The van der Waals surface area contributed by atoms with Crippen LogP contribution in [0.1, 0.15) is 47.8 Å². The van der Waals surface area contributed by atoms with E-state index in [9.17, 15) is 19.5 Å². The molecule has 2 atom stereocenters. The summed E-state index contributed by atoms with van der Waals surface area (Å²) in [6.45, 7) is 3.68. The summed E-state index contributed by atoms with van der Waals surface area (Å²) in [6, 6.07) is 16.1. The molecule has 1 aliphatic rings. The van der Waals surface area contributed by atoms with Crippen LogP contribution in [0.2, 0.25) is 0 Å². The topological polar surface area (TPSA) is 131 Å². The Hall–Kier alpha value is -4.14. The Bertz CT molecular complexity index is 1180. The first-order valence-corrected chi connectivity index (χ1v) is 11.0.